The van der Waals surface area contributed by atoms with E-state index in [4.69, 9.17) is 16.6 Å². The normalized spacial score (nSPS) is 11.0. The average Bonchev–Trinajstić information content (AvgIpc) is 2.41. The van der Waals surface area contributed by atoms with Crippen molar-refractivity contribution in [1.82, 2.24) is 0 Å². The molecular weight excluding hydrogens is 294 g/mol. The number of nitrogens with two attached hydrogens (primary N) is 2. The van der Waals surface area contributed by atoms with Crippen LogP contribution in [0.5, 0.6) is 0 Å². The largest absolute Gasteiger partial charge is 0.478 e. The van der Waals surface area contributed by atoms with Crippen LogP contribution in [0.4, 0.5) is 17.1 Å². The number of hydrogen-bond donors (Lipinski definition) is 4. The lowest BCUT2D eigenvalue weighted by atomic mass is 10.2. The van der Waals surface area contributed by atoms with Gasteiger partial charge in [-0.25, -0.2) is 13.2 Å². The quantitative estimate of drug-likeness (QED) is 0.629. The maximum Gasteiger partial charge on any atom is 0.337 e. The predicted octanol–water partition coefficient (Wildman–Crippen LogP) is 1.35. The highest BCUT2D eigenvalue weighted by molar-refractivity contribution is 7.92. The molecule has 6 N–H and O–H groups in total. The Labute approximate surface area is 121 Å². The van der Waals surface area contributed by atoms with Gasteiger partial charge >= 0.3 is 5.97 Å². The number of benzene rings is 2. The molecule has 0 unspecified atom stereocenters. The lowest BCUT2D eigenvalue weighted by molar-refractivity contribution is 0.0698. The summed E-state index contributed by atoms with van der Waals surface area (Å²) < 4.78 is 26.7. The third-order valence-corrected chi connectivity index (χ3v) is 4.11. The van der Waals surface area contributed by atoms with Crippen LogP contribution in [-0.4, -0.2) is 19.5 Å². The summed E-state index contributed by atoms with van der Waals surface area (Å²) in [4.78, 5) is 10.8. The predicted molar refractivity (Wildman–Crippen MR) is 79.5 cm³/mol. The van der Waals surface area contributed by atoms with Crippen LogP contribution in [0.25, 0.3) is 0 Å². The number of nitrogen functional groups attached to an aromatic ring is 2. The maximum absolute atomic E-state index is 12.2. The van der Waals surface area contributed by atoms with E-state index in [1.54, 1.807) is 12.1 Å². The summed E-state index contributed by atoms with van der Waals surface area (Å²) in [5.74, 6) is -1.29. The highest BCUT2D eigenvalue weighted by Crippen LogP contribution is 2.21. The summed E-state index contributed by atoms with van der Waals surface area (Å²) in [6, 6.07) is 9.58. The zero-order valence-corrected chi connectivity index (χ0v) is 11.6. The fraction of sp³-hybridized carbons (Fsp3) is 0. The van der Waals surface area contributed by atoms with Crippen molar-refractivity contribution >= 4 is 33.1 Å². The SMILES string of the molecule is Nc1ccc(NS(=O)(=O)c2ccc(N)c(C(=O)O)c2)cc1. The first-order valence-electron chi connectivity index (χ1n) is 5.81. The van der Waals surface area contributed by atoms with E-state index in [0.29, 0.717) is 11.4 Å². The number of hydrogen-bond acceptors (Lipinski definition) is 5. The Morgan fingerprint density at radius 3 is 2.24 bits per heavy atom. The number of carbonyl (C=O) groups is 1. The van der Waals surface area contributed by atoms with Crippen molar-refractivity contribution in [3.05, 3.63) is 48.0 Å². The molecule has 0 bridgehead atoms. The topological polar surface area (TPSA) is 136 Å². The molecule has 0 aliphatic heterocycles. The minimum absolute atomic E-state index is 0.00562. The van der Waals surface area contributed by atoms with Crippen molar-refractivity contribution in [1.29, 1.82) is 0 Å². The van der Waals surface area contributed by atoms with Gasteiger partial charge in [0.1, 0.15) is 0 Å². The first-order chi connectivity index (χ1) is 9.79. The molecule has 7 nitrogen and oxygen atoms in total. The third-order valence-electron chi connectivity index (χ3n) is 2.73. The highest BCUT2D eigenvalue weighted by Gasteiger charge is 2.18. The van der Waals surface area contributed by atoms with E-state index in [1.165, 1.54) is 24.3 Å². The van der Waals surface area contributed by atoms with Gasteiger partial charge < -0.3 is 16.6 Å². The monoisotopic (exact) mass is 307 g/mol. The molecule has 21 heavy (non-hydrogen) atoms. The molecule has 0 saturated carbocycles. The first kappa shape index (κ1) is 14.7. The van der Waals surface area contributed by atoms with Gasteiger partial charge in [0, 0.05) is 17.1 Å². The van der Waals surface area contributed by atoms with Crippen LogP contribution >= 0.6 is 0 Å². The Bertz CT molecular complexity index is 786. The second-order valence-corrected chi connectivity index (χ2v) is 5.96. The molecule has 2 rings (SSSR count). The van der Waals surface area contributed by atoms with Crippen molar-refractivity contribution in [3.8, 4) is 0 Å². The van der Waals surface area contributed by atoms with Crippen molar-refractivity contribution < 1.29 is 18.3 Å². The summed E-state index contributed by atoms with van der Waals surface area (Å²) in [7, 11) is -3.91. The zero-order valence-electron chi connectivity index (χ0n) is 10.8. The van der Waals surface area contributed by atoms with Crippen molar-refractivity contribution in [2.75, 3.05) is 16.2 Å². The van der Waals surface area contributed by atoms with E-state index in [1.807, 2.05) is 0 Å². The maximum atomic E-state index is 12.2. The minimum Gasteiger partial charge on any atom is -0.478 e. The van der Waals surface area contributed by atoms with Gasteiger partial charge in [0.25, 0.3) is 10.0 Å². The van der Waals surface area contributed by atoms with Crippen LogP contribution in [-0.2, 0) is 10.0 Å². The molecule has 0 aliphatic carbocycles. The van der Waals surface area contributed by atoms with Crippen LogP contribution in [0.1, 0.15) is 10.4 Å². The smallest absolute Gasteiger partial charge is 0.337 e. The van der Waals surface area contributed by atoms with Gasteiger partial charge in [-0.2, -0.15) is 0 Å². The number of sulfonamides is 1. The van der Waals surface area contributed by atoms with Crippen molar-refractivity contribution in [3.63, 3.8) is 0 Å². The number of anilines is 3. The van der Waals surface area contributed by atoms with Gasteiger partial charge in [-0.1, -0.05) is 0 Å². The van der Waals surface area contributed by atoms with E-state index < -0.39 is 16.0 Å². The first-order valence-corrected chi connectivity index (χ1v) is 7.29. The Morgan fingerprint density at radius 1 is 1.05 bits per heavy atom. The molecule has 0 fully saturated rings. The standard InChI is InChI=1S/C13H13N3O4S/c14-8-1-3-9(4-2-8)16-21(19,20)10-5-6-12(15)11(7-10)13(17)18/h1-7,16H,14-15H2,(H,17,18). The summed E-state index contributed by atoms with van der Waals surface area (Å²) in [6.07, 6.45) is 0. The van der Waals surface area contributed by atoms with E-state index in [9.17, 15) is 13.2 Å². The van der Waals surface area contributed by atoms with E-state index in [-0.39, 0.29) is 16.1 Å². The lowest BCUT2D eigenvalue weighted by Gasteiger charge is -2.10. The Morgan fingerprint density at radius 2 is 1.67 bits per heavy atom. The summed E-state index contributed by atoms with van der Waals surface area (Å²) in [6.45, 7) is 0. The van der Waals surface area contributed by atoms with E-state index in [0.717, 1.165) is 6.07 Å². The van der Waals surface area contributed by atoms with Crippen LogP contribution < -0.4 is 16.2 Å². The van der Waals surface area contributed by atoms with Gasteiger partial charge in [-0.15, -0.1) is 0 Å². The fourth-order valence-electron chi connectivity index (χ4n) is 1.65. The minimum atomic E-state index is -3.91. The van der Waals surface area contributed by atoms with Gasteiger partial charge in [-0.3, -0.25) is 4.72 Å². The molecule has 0 atom stereocenters. The third kappa shape index (κ3) is 3.23. The number of carboxylic acid groups (broad SMARTS) is 1. The zero-order chi connectivity index (χ0) is 15.6. The molecule has 0 aliphatic rings. The van der Waals surface area contributed by atoms with Crippen molar-refractivity contribution in [2.24, 2.45) is 0 Å². The summed E-state index contributed by atoms with van der Waals surface area (Å²) in [5.41, 5.74) is 11.6. The molecule has 110 valence electrons. The molecule has 0 radical (unpaired) electrons. The second kappa shape index (κ2) is 5.33. The van der Waals surface area contributed by atoms with Crippen LogP contribution in [0.3, 0.4) is 0 Å². The molecule has 2 aromatic carbocycles. The Balaban J connectivity index is 2.38. The number of aromatic carboxylic acids is 1. The molecule has 0 heterocycles. The molecule has 2 aromatic rings. The van der Waals surface area contributed by atoms with Gasteiger partial charge in [0.2, 0.25) is 0 Å². The Kier molecular flexibility index (Phi) is 3.72. The second-order valence-electron chi connectivity index (χ2n) is 4.28. The van der Waals surface area contributed by atoms with Gasteiger partial charge in [-0.05, 0) is 42.5 Å². The van der Waals surface area contributed by atoms with Crippen LogP contribution in [0.15, 0.2) is 47.4 Å². The molecule has 0 aromatic heterocycles. The van der Waals surface area contributed by atoms with Gasteiger partial charge in [0.05, 0.1) is 10.5 Å². The number of nitrogens with one attached hydrogen (secondary N) is 1. The average molecular weight is 307 g/mol. The number of rotatable bonds is 4. The van der Waals surface area contributed by atoms with Crippen LogP contribution in [0.2, 0.25) is 0 Å². The highest BCUT2D eigenvalue weighted by atomic mass is 32.2. The van der Waals surface area contributed by atoms with Crippen molar-refractivity contribution in [2.45, 2.75) is 4.90 Å². The van der Waals surface area contributed by atoms with E-state index >= 15 is 0 Å². The fourth-order valence-corrected chi connectivity index (χ4v) is 2.74. The van der Waals surface area contributed by atoms with Gasteiger partial charge in [0.15, 0.2) is 0 Å². The lowest BCUT2D eigenvalue weighted by Crippen LogP contribution is -2.14. The Hall–Kier alpha value is -2.74. The molecule has 0 amide bonds. The van der Waals surface area contributed by atoms with Crippen LogP contribution in [0, 0.1) is 0 Å². The molecule has 8 heteroatoms. The van der Waals surface area contributed by atoms with E-state index in [2.05, 4.69) is 4.72 Å². The molecular formula is C13H13N3O4S. The number of carboxylic acids is 1. The summed E-state index contributed by atoms with van der Waals surface area (Å²) >= 11 is 0. The molecule has 0 spiro atoms. The molecule has 0 saturated heterocycles. The summed E-state index contributed by atoms with van der Waals surface area (Å²) in [5, 5.41) is 8.97.